The Morgan fingerprint density at radius 2 is 1.85 bits per heavy atom. The number of carbonyl (C=O) groups excluding carboxylic acids is 5. The molecular formula is C22H27N5O6. The van der Waals surface area contributed by atoms with Crippen LogP contribution < -0.4 is 21.3 Å². The van der Waals surface area contributed by atoms with E-state index in [1.54, 1.807) is 35.2 Å². The van der Waals surface area contributed by atoms with Crippen LogP contribution in [0.25, 0.3) is 0 Å². The summed E-state index contributed by atoms with van der Waals surface area (Å²) in [4.78, 5) is 63.0. The third-order valence-corrected chi connectivity index (χ3v) is 6.37. The zero-order valence-electron chi connectivity index (χ0n) is 18.1. The van der Waals surface area contributed by atoms with Crippen LogP contribution >= 0.6 is 0 Å². The molecule has 4 N–H and O–H groups in total. The minimum absolute atomic E-state index is 0.141. The molecule has 176 valence electrons. The van der Waals surface area contributed by atoms with Crippen LogP contribution in [0.15, 0.2) is 30.3 Å². The maximum atomic E-state index is 13.1. The van der Waals surface area contributed by atoms with Crippen molar-refractivity contribution < 1.29 is 28.7 Å². The lowest BCUT2D eigenvalue weighted by Gasteiger charge is -2.41. The van der Waals surface area contributed by atoms with Crippen LogP contribution in [0.3, 0.4) is 0 Å². The molecule has 1 aromatic carbocycles. The van der Waals surface area contributed by atoms with Gasteiger partial charge in [-0.05, 0) is 31.4 Å². The van der Waals surface area contributed by atoms with E-state index in [1.165, 1.54) is 0 Å². The van der Waals surface area contributed by atoms with E-state index in [-0.39, 0.29) is 37.4 Å². The highest BCUT2D eigenvalue weighted by Gasteiger charge is 2.49. The summed E-state index contributed by atoms with van der Waals surface area (Å²) in [6, 6.07) is 6.65. The highest BCUT2D eigenvalue weighted by molar-refractivity contribution is 6.02. The Bertz CT molecular complexity index is 930. The van der Waals surface area contributed by atoms with E-state index in [0.717, 1.165) is 0 Å². The highest BCUT2D eigenvalue weighted by Crippen LogP contribution is 2.38. The standard InChI is InChI=1S/C22H27N5O6/c28-17-10-16(25-21(32)26-17)20(31)24-15-11-22(6-8-33-9-7-22)27(13-15)18(29)12-23-19(30)14-4-2-1-3-5-14/h1-5,15-16H,6-13H2,(H,23,30)(H,24,31)(H2,25,26,28,32)/t15?,16-/m0/s1. The van der Waals surface area contributed by atoms with Gasteiger partial charge in [0.1, 0.15) is 6.04 Å². The maximum absolute atomic E-state index is 13.1. The minimum atomic E-state index is -0.952. The van der Waals surface area contributed by atoms with Crippen LogP contribution in [0.2, 0.25) is 0 Å². The van der Waals surface area contributed by atoms with Gasteiger partial charge < -0.3 is 25.6 Å². The maximum Gasteiger partial charge on any atom is 0.322 e. The Hall–Kier alpha value is -3.47. The summed E-state index contributed by atoms with van der Waals surface area (Å²) in [6.45, 7) is 1.12. The first-order valence-electron chi connectivity index (χ1n) is 11.0. The van der Waals surface area contributed by atoms with Crippen LogP contribution in [-0.4, -0.2) is 78.5 Å². The lowest BCUT2D eigenvalue weighted by Crippen LogP contribution is -2.58. The summed E-state index contributed by atoms with van der Waals surface area (Å²) in [6.07, 6.45) is 1.64. The Labute approximate surface area is 190 Å². The van der Waals surface area contributed by atoms with Crippen molar-refractivity contribution in [2.24, 2.45) is 0 Å². The third-order valence-electron chi connectivity index (χ3n) is 6.37. The van der Waals surface area contributed by atoms with Crippen molar-refractivity contribution in [1.82, 2.24) is 26.2 Å². The molecule has 3 saturated heterocycles. The molecular weight excluding hydrogens is 430 g/mol. The fourth-order valence-corrected chi connectivity index (χ4v) is 4.75. The molecule has 1 spiro atoms. The number of carbonyl (C=O) groups is 5. The van der Waals surface area contributed by atoms with Gasteiger partial charge in [0, 0.05) is 36.9 Å². The summed E-state index contributed by atoms with van der Waals surface area (Å²) >= 11 is 0. The van der Waals surface area contributed by atoms with Gasteiger partial charge in [0.25, 0.3) is 5.91 Å². The normalized spacial score (nSPS) is 24.1. The Balaban J connectivity index is 1.40. The SMILES string of the molecule is O=C1C[C@@H](C(=O)NC2CN(C(=O)CNC(=O)c3ccccc3)C3(CCOCC3)C2)NC(=O)N1. The molecule has 3 aliphatic rings. The molecule has 3 fully saturated rings. The van der Waals surface area contributed by atoms with Gasteiger partial charge in [-0.15, -0.1) is 0 Å². The average Bonchev–Trinajstić information content (AvgIpc) is 3.14. The van der Waals surface area contributed by atoms with Gasteiger partial charge in [0.2, 0.25) is 17.7 Å². The number of hydrogen-bond acceptors (Lipinski definition) is 6. The first-order chi connectivity index (χ1) is 15.9. The molecule has 33 heavy (non-hydrogen) atoms. The highest BCUT2D eigenvalue weighted by atomic mass is 16.5. The van der Waals surface area contributed by atoms with Gasteiger partial charge in [-0.25, -0.2) is 4.79 Å². The average molecular weight is 457 g/mol. The second kappa shape index (κ2) is 9.57. The molecule has 0 saturated carbocycles. The second-order valence-electron chi connectivity index (χ2n) is 8.58. The Kier molecular flexibility index (Phi) is 6.59. The summed E-state index contributed by atoms with van der Waals surface area (Å²) < 4.78 is 5.49. The van der Waals surface area contributed by atoms with Crippen LogP contribution in [0, 0.1) is 0 Å². The van der Waals surface area contributed by atoms with Gasteiger partial charge >= 0.3 is 6.03 Å². The lowest BCUT2D eigenvalue weighted by molar-refractivity contribution is -0.137. The quantitative estimate of drug-likeness (QED) is 0.459. The van der Waals surface area contributed by atoms with Crippen LogP contribution in [0.1, 0.15) is 36.0 Å². The number of likely N-dealkylation sites (tertiary alicyclic amines) is 1. The van der Waals surface area contributed by atoms with Gasteiger partial charge in [-0.2, -0.15) is 0 Å². The van der Waals surface area contributed by atoms with Crippen molar-refractivity contribution in [3.63, 3.8) is 0 Å². The summed E-state index contributed by atoms with van der Waals surface area (Å²) in [5.74, 6) is -1.54. The monoisotopic (exact) mass is 457 g/mol. The summed E-state index contributed by atoms with van der Waals surface area (Å²) in [5, 5.41) is 10.1. The molecule has 11 heteroatoms. The lowest BCUT2D eigenvalue weighted by atomic mass is 9.86. The number of nitrogens with one attached hydrogen (secondary N) is 4. The fraction of sp³-hybridized carbons (Fsp3) is 0.500. The molecule has 3 aliphatic heterocycles. The molecule has 0 radical (unpaired) electrons. The van der Waals surface area contributed by atoms with E-state index in [4.69, 9.17) is 4.74 Å². The van der Waals surface area contributed by atoms with E-state index in [9.17, 15) is 24.0 Å². The molecule has 0 aliphatic carbocycles. The van der Waals surface area contributed by atoms with Gasteiger partial charge in [0.05, 0.1) is 13.0 Å². The number of benzene rings is 1. The molecule has 6 amide bonds. The molecule has 2 atom stereocenters. The van der Waals surface area contributed by atoms with E-state index in [1.807, 2.05) is 0 Å². The molecule has 1 aromatic rings. The Morgan fingerprint density at radius 3 is 2.55 bits per heavy atom. The topological polar surface area (TPSA) is 146 Å². The van der Waals surface area contributed by atoms with Crippen molar-refractivity contribution in [3.8, 4) is 0 Å². The zero-order chi connectivity index (χ0) is 23.4. The van der Waals surface area contributed by atoms with Crippen molar-refractivity contribution in [3.05, 3.63) is 35.9 Å². The van der Waals surface area contributed by atoms with Crippen molar-refractivity contribution >= 4 is 29.7 Å². The van der Waals surface area contributed by atoms with Crippen molar-refractivity contribution in [2.45, 2.75) is 43.3 Å². The Morgan fingerprint density at radius 1 is 1.12 bits per heavy atom. The summed E-state index contributed by atoms with van der Waals surface area (Å²) in [7, 11) is 0. The van der Waals surface area contributed by atoms with Crippen LogP contribution in [0.5, 0.6) is 0 Å². The predicted octanol–water partition coefficient (Wildman–Crippen LogP) is -0.719. The molecule has 0 bridgehead atoms. The van der Waals surface area contributed by atoms with E-state index in [2.05, 4.69) is 21.3 Å². The van der Waals surface area contributed by atoms with Crippen molar-refractivity contribution in [2.75, 3.05) is 26.3 Å². The first kappa shape index (κ1) is 22.7. The molecule has 3 heterocycles. The zero-order valence-corrected chi connectivity index (χ0v) is 18.1. The molecule has 4 rings (SSSR count). The van der Waals surface area contributed by atoms with Crippen molar-refractivity contribution in [1.29, 1.82) is 0 Å². The van der Waals surface area contributed by atoms with Crippen LogP contribution in [0.4, 0.5) is 4.79 Å². The smallest absolute Gasteiger partial charge is 0.322 e. The fourth-order valence-electron chi connectivity index (χ4n) is 4.75. The number of urea groups is 1. The van der Waals surface area contributed by atoms with E-state index >= 15 is 0 Å². The number of amides is 6. The van der Waals surface area contributed by atoms with Gasteiger partial charge in [-0.3, -0.25) is 24.5 Å². The molecule has 11 nitrogen and oxygen atoms in total. The number of imide groups is 1. The number of hydrogen-bond donors (Lipinski definition) is 4. The van der Waals surface area contributed by atoms with E-state index < -0.39 is 29.4 Å². The van der Waals surface area contributed by atoms with Gasteiger partial charge in [-0.1, -0.05) is 18.2 Å². The predicted molar refractivity (Wildman–Crippen MR) is 115 cm³/mol. The minimum Gasteiger partial charge on any atom is -0.381 e. The molecule has 1 unspecified atom stereocenters. The van der Waals surface area contributed by atoms with E-state index in [0.29, 0.717) is 38.0 Å². The molecule has 0 aromatic heterocycles. The first-order valence-corrected chi connectivity index (χ1v) is 11.0. The number of nitrogens with zero attached hydrogens (tertiary/aromatic N) is 1. The summed E-state index contributed by atoms with van der Waals surface area (Å²) in [5.41, 5.74) is -0.00555. The third kappa shape index (κ3) is 5.14. The number of rotatable bonds is 5. The van der Waals surface area contributed by atoms with Crippen LogP contribution in [-0.2, 0) is 19.1 Å². The van der Waals surface area contributed by atoms with Gasteiger partial charge in [0.15, 0.2) is 0 Å². The number of ether oxygens (including phenoxy) is 1. The largest absolute Gasteiger partial charge is 0.381 e. The second-order valence-corrected chi connectivity index (χ2v) is 8.58.